The Morgan fingerprint density at radius 3 is 1.33 bits per heavy atom. The number of carbonyl (C=O) groups excluding carboxylic acids is 4. The van der Waals surface area contributed by atoms with Gasteiger partial charge in [0.05, 0.1) is 35.2 Å². The van der Waals surface area contributed by atoms with E-state index in [0.717, 1.165) is 62.2 Å². The van der Waals surface area contributed by atoms with Gasteiger partial charge in [0, 0.05) is 21.4 Å². The molecule has 1 saturated heterocycles. The van der Waals surface area contributed by atoms with Crippen LogP contribution in [-0.2, 0) is 9.31 Å². The molecule has 2 amide bonds. The van der Waals surface area contributed by atoms with Crippen molar-refractivity contribution in [1.29, 1.82) is 0 Å². The number of ether oxygens (including phenoxy) is 2. The molecular weight excluding hydrogens is 995 g/mol. The first-order chi connectivity index (χ1) is 33.7. The summed E-state index contributed by atoms with van der Waals surface area (Å²) in [5.74, 6) is -3.82. The minimum Gasteiger partial charge on any atom is -0.486 e. The van der Waals surface area contributed by atoms with Crippen molar-refractivity contribution >= 4 is 63.3 Å². The summed E-state index contributed by atoms with van der Waals surface area (Å²) < 4.78 is 79.8. The second kappa shape index (κ2) is 20.5. The van der Waals surface area contributed by atoms with Gasteiger partial charge in [-0.05, 0) is 158 Å². The van der Waals surface area contributed by atoms with E-state index in [4.69, 9.17) is 18.8 Å². The summed E-state index contributed by atoms with van der Waals surface area (Å²) in [5.41, 5.74) is 3.39. The van der Waals surface area contributed by atoms with E-state index in [2.05, 4.69) is 26.6 Å². The Morgan fingerprint density at radius 1 is 0.528 bits per heavy atom. The first kappa shape index (κ1) is 53.2. The molecule has 0 radical (unpaired) electrons. The zero-order valence-corrected chi connectivity index (χ0v) is 43.1. The SMILES string of the molecule is CC1(C)OB(c2ccc(NC(=O)c3c(F)cccc3F)cc2)OC1(C)C.Cc1c(-c2ccc(NC(=O)c3c(F)cccc3F)cc2)ccc2c1OC(C)(C)CC2=O.Cc1c(Br)ccc2c1OC(C)(C)CC2=O. The van der Waals surface area contributed by atoms with Crippen molar-refractivity contribution in [3.63, 3.8) is 0 Å². The Hall–Kier alpha value is -6.62. The fourth-order valence-electron chi connectivity index (χ4n) is 8.22. The number of rotatable bonds is 6. The van der Waals surface area contributed by atoms with Gasteiger partial charge in [0.15, 0.2) is 11.6 Å². The molecule has 0 saturated carbocycles. The molecule has 0 aromatic heterocycles. The normalized spacial score (nSPS) is 16.6. The average Bonchev–Trinajstić information content (AvgIpc) is 3.51. The van der Waals surface area contributed by atoms with Gasteiger partial charge in [0.2, 0.25) is 0 Å². The maximum absolute atomic E-state index is 13.8. The molecule has 6 aromatic rings. The van der Waals surface area contributed by atoms with Crippen LogP contribution in [0.15, 0.2) is 114 Å². The summed E-state index contributed by atoms with van der Waals surface area (Å²) in [6.07, 6.45) is 0.775. The number of hydrogen-bond acceptors (Lipinski definition) is 8. The highest BCUT2D eigenvalue weighted by atomic mass is 79.9. The van der Waals surface area contributed by atoms with Gasteiger partial charge in [-0.15, -0.1) is 0 Å². The molecule has 10 nitrogen and oxygen atoms in total. The summed E-state index contributed by atoms with van der Waals surface area (Å²) in [7, 11) is -0.520. The molecule has 3 aliphatic rings. The largest absolute Gasteiger partial charge is 0.494 e. The molecule has 3 aliphatic heterocycles. The predicted octanol–water partition coefficient (Wildman–Crippen LogP) is 13.0. The van der Waals surface area contributed by atoms with Crippen LogP contribution in [0.25, 0.3) is 11.1 Å². The van der Waals surface area contributed by atoms with Crippen molar-refractivity contribution in [3.05, 3.63) is 170 Å². The molecule has 374 valence electrons. The van der Waals surface area contributed by atoms with Crippen LogP contribution >= 0.6 is 15.9 Å². The number of carbonyl (C=O) groups is 4. The minimum absolute atomic E-state index is 0.0549. The maximum atomic E-state index is 13.8. The molecule has 2 N–H and O–H groups in total. The van der Waals surface area contributed by atoms with E-state index in [0.29, 0.717) is 41.1 Å². The van der Waals surface area contributed by atoms with E-state index >= 15 is 0 Å². The van der Waals surface area contributed by atoms with E-state index in [9.17, 15) is 36.7 Å². The third-order valence-corrected chi connectivity index (χ3v) is 13.7. The number of halogens is 5. The van der Waals surface area contributed by atoms with E-state index in [1.165, 1.54) is 12.1 Å². The summed E-state index contributed by atoms with van der Waals surface area (Å²) in [6, 6.07) is 27.6. The lowest BCUT2D eigenvalue weighted by Crippen LogP contribution is -2.41. The van der Waals surface area contributed by atoms with Crippen molar-refractivity contribution in [3.8, 4) is 22.6 Å². The van der Waals surface area contributed by atoms with Gasteiger partial charge in [0.25, 0.3) is 11.8 Å². The predicted molar refractivity (Wildman–Crippen MR) is 274 cm³/mol. The molecule has 0 atom stereocenters. The lowest BCUT2D eigenvalue weighted by atomic mass is 9.79. The van der Waals surface area contributed by atoms with Crippen molar-refractivity contribution in [2.75, 3.05) is 10.6 Å². The molecule has 0 unspecified atom stereocenters. The van der Waals surface area contributed by atoms with Crippen LogP contribution in [0.4, 0.5) is 28.9 Å². The lowest BCUT2D eigenvalue weighted by Gasteiger charge is -2.33. The molecule has 72 heavy (non-hydrogen) atoms. The first-order valence-corrected chi connectivity index (χ1v) is 23.9. The Balaban J connectivity index is 0.000000168. The average molecular weight is 1050 g/mol. The number of Topliss-reactive ketones (excluding diaryl/α,β-unsaturated/α-hetero) is 2. The molecule has 3 heterocycles. The molecule has 0 bridgehead atoms. The third kappa shape index (κ3) is 11.5. The van der Waals surface area contributed by atoms with Crippen LogP contribution in [0.1, 0.15) is 121 Å². The van der Waals surface area contributed by atoms with Crippen LogP contribution in [0, 0.1) is 37.1 Å². The summed E-state index contributed by atoms with van der Waals surface area (Å²) in [5, 5.41) is 5.00. The van der Waals surface area contributed by atoms with Crippen LogP contribution in [0.3, 0.4) is 0 Å². The number of nitrogens with one attached hydrogen (secondary N) is 2. The lowest BCUT2D eigenvalue weighted by molar-refractivity contribution is 0.00578. The zero-order chi connectivity index (χ0) is 52.7. The Morgan fingerprint density at radius 2 is 0.903 bits per heavy atom. The van der Waals surface area contributed by atoms with Gasteiger partial charge in [0.1, 0.15) is 57.1 Å². The number of anilines is 2. The number of hydrogen-bond donors (Lipinski definition) is 2. The van der Waals surface area contributed by atoms with E-state index < -0.39 is 75.7 Å². The van der Waals surface area contributed by atoms with E-state index in [-0.39, 0.29) is 11.6 Å². The summed E-state index contributed by atoms with van der Waals surface area (Å²) in [4.78, 5) is 48.7. The van der Waals surface area contributed by atoms with Crippen LogP contribution in [-0.4, -0.2) is 52.9 Å². The van der Waals surface area contributed by atoms with Gasteiger partial charge in [-0.1, -0.05) is 58.4 Å². The fraction of sp³-hybridized carbons (Fsp3) is 0.286. The first-order valence-electron chi connectivity index (χ1n) is 23.1. The summed E-state index contributed by atoms with van der Waals surface area (Å²) in [6.45, 7) is 19.4. The number of fused-ring (bicyclic) bond motifs is 2. The number of amides is 2. The molecule has 0 aliphatic carbocycles. The second-order valence-corrected chi connectivity index (χ2v) is 20.8. The van der Waals surface area contributed by atoms with Gasteiger partial charge < -0.3 is 29.4 Å². The quantitative estimate of drug-likeness (QED) is 0.125. The highest BCUT2D eigenvalue weighted by Gasteiger charge is 2.51. The minimum atomic E-state index is -0.920. The van der Waals surface area contributed by atoms with E-state index in [1.807, 2.05) is 87.4 Å². The zero-order valence-electron chi connectivity index (χ0n) is 41.5. The van der Waals surface area contributed by atoms with Crippen molar-refractivity contribution < 1.29 is 55.5 Å². The molecular formula is C56H54BBrF4N2O8. The molecule has 16 heteroatoms. The maximum Gasteiger partial charge on any atom is 0.494 e. The van der Waals surface area contributed by atoms with Gasteiger partial charge >= 0.3 is 7.12 Å². The van der Waals surface area contributed by atoms with Crippen LogP contribution in [0.5, 0.6) is 11.5 Å². The fourth-order valence-corrected chi connectivity index (χ4v) is 8.53. The van der Waals surface area contributed by atoms with Crippen molar-refractivity contribution in [2.45, 2.75) is 104 Å². The van der Waals surface area contributed by atoms with Gasteiger partial charge in [-0.25, -0.2) is 17.6 Å². The Bertz CT molecular complexity index is 3050. The molecule has 0 spiro atoms. The Labute approximate surface area is 425 Å². The molecule has 6 aromatic carbocycles. The second-order valence-electron chi connectivity index (χ2n) is 20.0. The monoisotopic (exact) mass is 1050 g/mol. The topological polar surface area (TPSA) is 129 Å². The molecule has 9 rings (SSSR count). The number of benzene rings is 6. The smallest absolute Gasteiger partial charge is 0.486 e. The van der Waals surface area contributed by atoms with Gasteiger partial charge in [-0.2, -0.15) is 0 Å². The van der Waals surface area contributed by atoms with Gasteiger partial charge in [-0.3, -0.25) is 19.2 Å². The van der Waals surface area contributed by atoms with Crippen LogP contribution < -0.4 is 25.6 Å². The van der Waals surface area contributed by atoms with Crippen LogP contribution in [0.2, 0.25) is 0 Å². The molecule has 1 fully saturated rings. The van der Waals surface area contributed by atoms with Crippen molar-refractivity contribution in [1.82, 2.24) is 0 Å². The number of ketones is 2. The Kier molecular flexibility index (Phi) is 15.1. The third-order valence-electron chi connectivity index (χ3n) is 12.8. The summed E-state index contributed by atoms with van der Waals surface area (Å²) >= 11 is 3.44. The van der Waals surface area contributed by atoms with E-state index in [1.54, 1.807) is 54.6 Å². The standard InChI is InChI=1S/C25H21F2NO3.C19H20BF2NO3.C12H13BrO2/c1-14-17(11-12-18-21(29)13-25(2,3)31-23(14)18)15-7-9-16(10-8-15)28-24(30)22-19(26)5-4-6-20(22)27;1-18(2)19(3,4)26-20(25-18)12-8-10-13(11-9-12)23-17(24)16-14(21)6-5-7-15(16)22;1-7-9(13)5-4-8-10(14)6-12(2,3)15-11(7)8/h4-12H,13H2,1-3H3,(H,28,30);5-11H,1-4H3,(H,23,24);4-5H,6H2,1-3H3. The highest BCUT2D eigenvalue weighted by molar-refractivity contribution is 9.10. The highest BCUT2D eigenvalue weighted by Crippen LogP contribution is 2.41. The van der Waals surface area contributed by atoms with Crippen molar-refractivity contribution in [2.24, 2.45) is 0 Å².